The van der Waals surface area contributed by atoms with Crippen molar-refractivity contribution in [3.05, 3.63) is 46.5 Å². The van der Waals surface area contributed by atoms with E-state index >= 15 is 0 Å². The number of hydrogen-bond acceptors (Lipinski definition) is 5. The molecule has 2 aromatic rings. The van der Waals surface area contributed by atoms with Crippen LogP contribution in [0.1, 0.15) is 52.4 Å². The first-order chi connectivity index (χ1) is 12.8. The van der Waals surface area contributed by atoms with Gasteiger partial charge in [-0.1, -0.05) is 12.1 Å². The van der Waals surface area contributed by atoms with Crippen molar-refractivity contribution in [2.45, 2.75) is 38.1 Å². The molecule has 1 aromatic carbocycles. The summed E-state index contributed by atoms with van der Waals surface area (Å²) in [6.07, 6.45) is 6.79. The van der Waals surface area contributed by atoms with Crippen LogP contribution in [0.2, 0.25) is 0 Å². The van der Waals surface area contributed by atoms with Crippen LogP contribution in [0.4, 0.5) is 5.13 Å². The van der Waals surface area contributed by atoms with Gasteiger partial charge < -0.3 is 5.32 Å². The van der Waals surface area contributed by atoms with Gasteiger partial charge >= 0.3 is 0 Å². The average molecular weight is 371 g/mol. The molecule has 0 radical (unpaired) electrons. The largest absolute Gasteiger partial charge is 0.317 e. The maximum atomic E-state index is 12.6. The molecule has 0 unspecified atom stereocenters. The molecule has 0 aliphatic carbocycles. The number of carbonyl (C=O) groups is 1. The molecule has 1 aromatic heterocycles. The number of likely N-dealkylation sites (tertiary alicyclic amines) is 1. The maximum absolute atomic E-state index is 12.6. The standard InChI is InChI=1S/C20H26N4OS/c25-19(17-5-3-4-15(12-17)14-24-10-1-2-11-24)23-20-22-13-18(26-20)16-6-8-21-9-7-16/h3-5,12-13,16,21H,1-2,6-11,14H2,(H,22,23,25). The lowest BCUT2D eigenvalue weighted by atomic mass is 9.97. The molecule has 2 saturated heterocycles. The second-order valence-electron chi connectivity index (χ2n) is 7.23. The fraction of sp³-hybridized carbons (Fsp3) is 0.500. The number of amides is 1. The van der Waals surface area contributed by atoms with Gasteiger partial charge in [-0.3, -0.25) is 15.0 Å². The Morgan fingerprint density at radius 3 is 2.88 bits per heavy atom. The molecule has 0 bridgehead atoms. The summed E-state index contributed by atoms with van der Waals surface area (Å²) in [5, 5.41) is 7.07. The Morgan fingerprint density at radius 2 is 2.08 bits per heavy atom. The third kappa shape index (κ3) is 4.31. The van der Waals surface area contributed by atoms with E-state index in [1.54, 1.807) is 11.3 Å². The lowest BCUT2D eigenvalue weighted by Crippen LogP contribution is -2.26. The van der Waals surface area contributed by atoms with E-state index in [4.69, 9.17) is 0 Å². The van der Waals surface area contributed by atoms with Crippen molar-refractivity contribution in [2.24, 2.45) is 0 Å². The normalized spacial score (nSPS) is 18.9. The van der Waals surface area contributed by atoms with E-state index in [1.807, 2.05) is 24.4 Å². The lowest BCUT2D eigenvalue weighted by Gasteiger charge is -2.20. The molecule has 3 heterocycles. The van der Waals surface area contributed by atoms with Gasteiger partial charge in [0.25, 0.3) is 5.91 Å². The Kier molecular flexibility index (Phi) is 5.62. The number of rotatable bonds is 5. The fourth-order valence-corrected chi connectivity index (χ4v) is 4.80. The minimum absolute atomic E-state index is 0.0699. The summed E-state index contributed by atoms with van der Waals surface area (Å²) in [7, 11) is 0. The number of aromatic nitrogens is 1. The van der Waals surface area contributed by atoms with Crippen LogP contribution in [-0.4, -0.2) is 42.0 Å². The maximum Gasteiger partial charge on any atom is 0.257 e. The van der Waals surface area contributed by atoms with Crippen molar-refractivity contribution in [3.63, 3.8) is 0 Å². The van der Waals surface area contributed by atoms with E-state index in [-0.39, 0.29) is 5.91 Å². The number of piperidine rings is 1. The number of nitrogens with zero attached hydrogens (tertiary/aromatic N) is 2. The van der Waals surface area contributed by atoms with Gasteiger partial charge in [0, 0.05) is 23.2 Å². The molecule has 26 heavy (non-hydrogen) atoms. The molecule has 2 aliphatic heterocycles. The van der Waals surface area contributed by atoms with Crippen LogP contribution in [0.15, 0.2) is 30.5 Å². The molecule has 4 rings (SSSR count). The summed E-state index contributed by atoms with van der Waals surface area (Å²) in [5.41, 5.74) is 1.91. The highest BCUT2D eigenvalue weighted by Gasteiger charge is 2.19. The predicted molar refractivity (Wildman–Crippen MR) is 106 cm³/mol. The van der Waals surface area contributed by atoms with Gasteiger partial charge in [0.15, 0.2) is 5.13 Å². The zero-order valence-corrected chi connectivity index (χ0v) is 15.9. The van der Waals surface area contributed by atoms with Crippen LogP contribution in [0.5, 0.6) is 0 Å². The van der Waals surface area contributed by atoms with Gasteiger partial charge in [0.2, 0.25) is 0 Å². The second kappa shape index (κ2) is 8.29. The monoisotopic (exact) mass is 370 g/mol. The number of thiazole rings is 1. The van der Waals surface area contributed by atoms with Gasteiger partial charge in [0.1, 0.15) is 0 Å². The van der Waals surface area contributed by atoms with Crippen LogP contribution in [0.25, 0.3) is 0 Å². The molecule has 2 fully saturated rings. The van der Waals surface area contributed by atoms with E-state index < -0.39 is 0 Å². The van der Waals surface area contributed by atoms with E-state index in [9.17, 15) is 4.79 Å². The van der Waals surface area contributed by atoms with Gasteiger partial charge in [0.05, 0.1) is 0 Å². The van der Waals surface area contributed by atoms with Crippen LogP contribution in [0, 0.1) is 0 Å². The molecule has 2 aliphatic rings. The first-order valence-electron chi connectivity index (χ1n) is 9.57. The fourth-order valence-electron chi connectivity index (χ4n) is 3.82. The third-order valence-electron chi connectivity index (χ3n) is 5.28. The molecule has 6 heteroatoms. The molecule has 2 N–H and O–H groups in total. The Balaban J connectivity index is 1.39. The lowest BCUT2D eigenvalue weighted by molar-refractivity contribution is 0.102. The van der Waals surface area contributed by atoms with Crippen LogP contribution in [0.3, 0.4) is 0 Å². The molecule has 0 spiro atoms. The number of benzene rings is 1. The minimum atomic E-state index is -0.0699. The smallest absolute Gasteiger partial charge is 0.257 e. The highest BCUT2D eigenvalue weighted by Crippen LogP contribution is 2.31. The van der Waals surface area contributed by atoms with E-state index in [1.165, 1.54) is 23.3 Å². The number of nitrogens with one attached hydrogen (secondary N) is 2. The zero-order valence-electron chi connectivity index (χ0n) is 15.0. The van der Waals surface area contributed by atoms with Crippen molar-refractivity contribution in [3.8, 4) is 0 Å². The number of carbonyl (C=O) groups excluding carboxylic acids is 1. The number of hydrogen-bond donors (Lipinski definition) is 2. The van der Waals surface area contributed by atoms with Crippen LogP contribution >= 0.6 is 11.3 Å². The summed E-state index contributed by atoms with van der Waals surface area (Å²) >= 11 is 1.61. The third-order valence-corrected chi connectivity index (χ3v) is 6.35. The SMILES string of the molecule is O=C(Nc1ncc(C2CCNCC2)s1)c1cccc(CN2CCCC2)c1. The highest BCUT2D eigenvalue weighted by molar-refractivity contribution is 7.15. The van der Waals surface area contributed by atoms with Crippen molar-refractivity contribution in [1.82, 2.24) is 15.2 Å². The quantitative estimate of drug-likeness (QED) is 0.846. The van der Waals surface area contributed by atoms with Crippen molar-refractivity contribution < 1.29 is 4.79 Å². The van der Waals surface area contributed by atoms with Gasteiger partial charge in [-0.15, -0.1) is 11.3 Å². The topological polar surface area (TPSA) is 57.3 Å². The summed E-state index contributed by atoms with van der Waals surface area (Å²) in [4.78, 5) is 20.8. The Labute approximate surface area is 158 Å². The van der Waals surface area contributed by atoms with Crippen LogP contribution < -0.4 is 10.6 Å². The predicted octanol–water partition coefficient (Wildman–Crippen LogP) is 3.46. The Bertz CT molecular complexity index is 748. The first kappa shape index (κ1) is 17.6. The van der Waals surface area contributed by atoms with Crippen LogP contribution in [-0.2, 0) is 6.54 Å². The van der Waals surface area contributed by atoms with E-state index in [0.717, 1.165) is 45.6 Å². The van der Waals surface area contributed by atoms with Gasteiger partial charge in [-0.25, -0.2) is 4.98 Å². The number of anilines is 1. The molecule has 0 atom stereocenters. The second-order valence-corrected chi connectivity index (χ2v) is 8.29. The molecular formula is C20H26N4OS. The highest BCUT2D eigenvalue weighted by atomic mass is 32.1. The first-order valence-corrected chi connectivity index (χ1v) is 10.4. The molecule has 0 saturated carbocycles. The van der Waals surface area contributed by atoms with Gasteiger partial charge in [-0.2, -0.15) is 0 Å². The summed E-state index contributed by atoms with van der Waals surface area (Å²) in [6.45, 7) is 5.38. The summed E-state index contributed by atoms with van der Waals surface area (Å²) in [5.74, 6) is 0.502. The van der Waals surface area contributed by atoms with E-state index in [2.05, 4.69) is 26.6 Å². The molecule has 5 nitrogen and oxygen atoms in total. The Morgan fingerprint density at radius 1 is 1.27 bits per heavy atom. The zero-order chi connectivity index (χ0) is 17.8. The molecule has 1 amide bonds. The Hall–Kier alpha value is -1.76. The average Bonchev–Trinajstić information content (AvgIpc) is 3.35. The summed E-state index contributed by atoms with van der Waals surface area (Å²) in [6, 6.07) is 7.97. The van der Waals surface area contributed by atoms with Gasteiger partial charge in [-0.05, 0) is 75.5 Å². The molecular weight excluding hydrogens is 344 g/mol. The van der Waals surface area contributed by atoms with Crippen molar-refractivity contribution in [2.75, 3.05) is 31.5 Å². The van der Waals surface area contributed by atoms with E-state index in [0.29, 0.717) is 16.6 Å². The van der Waals surface area contributed by atoms with Crippen molar-refractivity contribution >= 4 is 22.4 Å². The minimum Gasteiger partial charge on any atom is -0.317 e. The molecule has 138 valence electrons. The van der Waals surface area contributed by atoms with Crippen molar-refractivity contribution in [1.29, 1.82) is 0 Å². The summed E-state index contributed by atoms with van der Waals surface area (Å²) < 4.78 is 0.